The fraction of sp³-hybridized carbons (Fsp3) is 0.667. The van der Waals surface area contributed by atoms with E-state index in [2.05, 4.69) is 5.10 Å². The van der Waals surface area contributed by atoms with Crippen LogP contribution in [-0.4, -0.2) is 67.8 Å². The average Bonchev–Trinajstić information content (AvgIpc) is 3.06. The molecule has 2 amide bonds. The van der Waals surface area contributed by atoms with Crippen molar-refractivity contribution in [3.8, 4) is 0 Å². The highest BCUT2D eigenvalue weighted by molar-refractivity contribution is 5.97. The van der Waals surface area contributed by atoms with Crippen molar-refractivity contribution in [1.29, 1.82) is 0 Å². The highest BCUT2D eigenvalue weighted by Gasteiger charge is 2.45. The third kappa shape index (κ3) is 2.92. The second-order valence-corrected chi connectivity index (χ2v) is 7.02. The Balaban J connectivity index is 1.70. The Hall–Kier alpha value is -2.65. The number of aromatic nitrogens is 2. The highest BCUT2D eigenvalue weighted by Crippen LogP contribution is 2.31. The fourth-order valence-electron chi connectivity index (χ4n) is 3.56. The van der Waals surface area contributed by atoms with Gasteiger partial charge in [0.05, 0.1) is 11.7 Å². The summed E-state index contributed by atoms with van der Waals surface area (Å²) in [5, 5.41) is 15.0. The van der Waals surface area contributed by atoms with E-state index >= 15 is 0 Å². The second-order valence-electron chi connectivity index (χ2n) is 7.02. The number of carbonyl (C=O) groups excluding carboxylic acids is 2. The lowest BCUT2D eigenvalue weighted by Crippen LogP contribution is -2.53. The zero-order valence-corrected chi connectivity index (χ0v) is 14.5. The number of rotatable bonds is 3. The number of cyclic esters (lactones) is 1. The number of nitro groups is 1. The Morgan fingerprint density at radius 3 is 2.56 bits per heavy atom. The van der Waals surface area contributed by atoms with E-state index in [0.29, 0.717) is 32.5 Å². The van der Waals surface area contributed by atoms with E-state index in [9.17, 15) is 19.7 Å². The smallest absolute Gasteiger partial charge is 0.410 e. The number of carbonyl (C=O) groups is 2. The van der Waals surface area contributed by atoms with Crippen LogP contribution in [0.1, 0.15) is 37.0 Å². The van der Waals surface area contributed by atoms with Gasteiger partial charge in [-0.25, -0.2) is 4.79 Å². The molecule has 2 saturated heterocycles. The predicted octanol–water partition coefficient (Wildman–Crippen LogP) is 1.16. The zero-order chi connectivity index (χ0) is 18.4. The van der Waals surface area contributed by atoms with Crippen molar-refractivity contribution in [2.24, 2.45) is 7.05 Å². The number of amides is 2. The van der Waals surface area contributed by atoms with E-state index in [1.165, 1.54) is 13.2 Å². The van der Waals surface area contributed by atoms with Crippen LogP contribution in [0.25, 0.3) is 0 Å². The molecule has 0 saturated carbocycles. The minimum absolute atomic E-state index is 0.00191. The lowest BCUT2D eigenvalue weighted by molar-refractivity contribution is -0.392. The fourth-order valence-corrected chi connectivity index (χ4v) is 3.56. The maximum Gasteiger partial charge on any atom is 0.410 e. The van der Waals surface area contributed by atoms with Gasteiger partial charge in [-0.15, -0.1) is 4.68 Å². The monoisotopic (exact) mass is 351 g/mol. The number of piperidine rings is 1. The van der Waals surface area contributed by atoms with Crippen LogP contribution in [0, 0.1) is 10.1 Å². The van der Waals surface area contributed by atoms with Gasteiger partial charge < -0.3 is 19.8 Å². The van der Waals surface area contributed by atoms with Crippen molar-refractivity contribution in [2.75, 3.05) is 19.7 Å². The quantitative estimate of drug-likeness (QED) is 0.597. The van der Waals surface area contributed by atoms with Crippen molar-refractivity contribution in [3.05, 3.63) is 21.9 Å². The van der Waals surface area contributed by atoms with Gasteiger partial charge >= 0.3 is 11.9 Å². The maximum absolute atomic E-state index is 12.6. The molecule has 2 aliphatic rings. The molecule has 136 valence electrons. The summed E-state index contributed by atoms with van der Waals surface area (Å²) in [5.41, 5.74) is -0.373. The minimum atomic E-state index is -0.601. The first-order valence-corrected chi connectivity index (χ1v) is 8.14. The number of nitrogens with zero attached hydrogens (tertiary/aromatic N) is 5. The summed E-state index contributed by atoms with van der Waals surface area (Å²) in [6, 6.07) is -0.00191. The summed E-state index contributed by atoms with van der Waals surface area (Å²) in [5.74, 6) is -0.710. The highest BCUT2D eigenvalue weighted by atomic mass is 16.6. The maximum atomic E-state index is 12.6. The molecule has 0 aliphatic carbocycles. The normalized spacial score (nSPS) is 20.7. The summed E-state index contributed by atoms with van der Waals surface area (Å²) >= 11 is 0. The van der Waals surface area contributed by atoms with E-state index in [1.807, 2.05) is 13.8 Å². The van der Waals surface area contributed by atoms with Gasteiger partial charge in [0.2, 0.25) is 0 Å². The molecule has 10 heteroatoms. The molecule has 0 unspecified atom stereocenters. The average molecular weight is 351 g/mol. The summed E-state index contributed by atoms with van der Waals surface area (Å²) in [6.07, 6.45) is 2.13. The Morgan fingerprint density at radius 1 is 1.40 bits per heavy atom. The van der Waals surface area contributed by atoms with Crippen LogP contribution in [-0.2, 0) is 11.8 Å². The molecule has 3 rings (SSSR count). The van der Waals surface area contributed by atoms with Gasteiger partial charge in [0, 0.05) is 19.1 Å². The molecule has 0 atom stereocenters. The van der Waals surface area contributed by atoms with Gasteiger partial charge in [0.1, 0.15) is 13.7 Å². The molecule has 0 N–H and O–H groups in total. The molecule has 0 aromatic carbocycles. The Kier molecular flexibility index (Phi) is 4.13. The summed E-state index contributed by atoms with van der Waals surface area (Å²) < 4.78 is 6.23. The number of hydrogen-bond acceptors (Lipinski definition) is 6. The minimum Gasteiger partial charge on any atom is -0.447 e. The van der Waals surface area contributed by atoms with E-state index in [0.717, 1.165) is 4.68 Å². The topological polar surface area (TPSA) is 111 Å². The largest absolute Gasteiger partial charge is 0.447 e. The van der Waals surface area contributed by atoms with Crippen LogP contribution in [0.15, 0.2) is 6.20 Å². The van der Waals surface area contributed by atoms with Crippen LogP contribution >= 0.6 is 0 Å². The molecule has 2 aliphatic heterocycles. The van der Waals surface area contributed by atoms with Crippen LogP contribution in [0.3, 0.4) is 0 Å². The van der Waals surface area contributed by atoms with Gasteiger partial charge in [0.25, 0.3) is 5.91 Å². The SMILES string of the molecule is Cn1ncc(C(=O)N2CCC(N3C(=O)OCC3(C)C)CC2)c1[N+](=O)[O-]. The lowest BCUT2D eigenvalue weighted by Gasteiger charge is -2.40. The summed E-state index contributed by atoms with van der Waals surface area (Å²) in [6.45, 7) is 5.11. The first kappa shape index (κ1) is 17.2. The predicted molar refractivity (Wildman–Crippen MR) is 86.1 cm³/mol. The summed E-state index contributed by atoms with van der Waals surface area (Å²) in [4.78, 5) is 38.5. The standard InChI is InChI=1S/C15H21N5O5/c1-15(2)9-25-14(22)19(15)10-4-6-18(7-5-10)13(21)11-8-16-17(3)12(11)20(23)24/h8,10H,4-7,9H2,1-3H3. The molecule has 0 radical (unpaired) electrons. The molecule has 2 fully saturated rings. The van der Waals surface area contributed by atoms with E-state index in [4.69, 9.17) is 4.74 Å². The molecular formula is C15H21N5O5. The van der Waals surface area contributed by atoms with Gasteiger partial charge in [-0.2, -0.15) is 0 Å². The van der Waals surface area contributed by atoms with Crippen LogP contribution in [0.2, 0.25) is 0 Å². The molecule has 0 bridgehead atoms. The van der Waals surface area contributed by atoms with Crippen molar-refractivity contribution in [1.82, 2.24) is 19.6 Å². The van der Waals surface area contributed by atoms with Crippen LogP contribution in [0.5, 0.6) is 0 Å². The first-order valence-electron chi connectivity index (χ1n) is 8.14. The van der Waals surface area contributed by atoms with Crippen molar-refractivity contribution >= 4 is 17.8 Å². The summed E-state index contributed by atoms with van der Waals surface area (Å²) in [7, 11) is 1.43. The van der Waals surface area contributed by atoms with Gasteiger partial charge in [-0.05, 0) is 31.6 Å². The van der Waals surface area contributed by atoms with Crippen molar-refractivity contribution < 1.29 is 19.2 Å². The first-order chi connectivity index (χ1) is 11.7. The van der Waals surface area contributed by atoms with E-state index < -0.39 is 10.8 Å². The number of ether oxygens (including phenoxy) is 1. The molecule has 25 heavy (non-hydrogen) atoms. The lowest BCUT2D eigenvalue weighted by atomic mass is 9.97. The van der Waals surface area contributed by atoms with Crippen LogP contribution < -0.4 is 0 Å². The van der Waals surface area contributed by atoms with Crippen molar-refractivity contribution in [3.63, 3.8) is 0 Å². The molecule has 1 aromatic heterocycles. The molecule has 1 aromatic rings. The molecule has 3 heterocycles. The Morgan fingerprint density at radius 2 is 2.04 bits per heavy atom. The molecular weight excluding hydrogens is 330 g/mol. The van der Waals surface area contributed by atoms with Crippen molar-refractivity contribution in [2.45, 2.75) is 38.3 Å². The Bertz CT molecular complexity index is 720. The second kappa shape index (κ2) is 6.01. The number of likely N-dealkylation sites (tertiary alicyclic amines) is 1. The number of hydrogen-bond donors (Lipinski definition) is 0. The van der Waals surface area contributed by atoms with E-state index in [-0.39, 0.29) is 29.1 Å². The van der Waals surface area contributed by atoms with Gasteiger partial charge in [-0.1, -0.05) is 5.10 Å². The third-order valence-electron chi connectivity index (χ3n) is 4.83. The number of aryl methyl sites for hydroxylation is 1. The third-order valence-corrected chi connectivity index (χ3v) is 4.83. The zero-order valence-electron chi connectivity index (χ0n) is 14.5. The van der Waals surface area contributed by atoms with Gasteiger partial charge in [-0.3, -0.25) is 9.69 Å². The van der Waals surface area contributed by atoms with Crippen LogP contribution in [0.4, 0.5) is 10.6 Å². The molecule has 10 nitrogen and oxygen atoms in total. The Labute approximate surface area is 144 Å². The van der Waals surface area contributed by atoms with Gasteiger partial charge in [0.15, 0.2) is 5.56 Å². The molecule has 0 spiro atoms. The van der Waals surface area contributed by atoms with E-state index in [1.54, 1.807) is 9.80 Å².